The molecule has 2 rings (SSSR count). The van der Waals surface area contributed by atoms with Gasteiger partial charge in [0.2, 0.25) is 5.28 Å². The standard InChI is InChI=1S/C11H11ClN4O/c1-3-17-7(2)10-14-6-9(15-10)8-4-5-13-11(12)16-8/h4-6H,2-3H2,1H3,(H,14,15). The Hall–Kier alpha value is -1.88. The van der Waals surface area contributed by atoms with Gasteiger partial charge in [0, 0.05) is 12.4 Å². The van der Waals surface area contributed by atoms with Crippen molar-refractivity contribution in [3.8, 4) is 11.4 Å². The predicted octanol–water partition coefficient (Wildman–Crippen LogP) is 2.53. The summed E-state index contributed by atoms with van der Waals surface area (Å²) in [7, 11) is 0. The molecule has 0 spiro atoms. The van der Waals surface area contributed by atoms with Crippen molar-refractivity contribution >= 4 is 17.4 Å². The third kappa shape index (κ3) is 2.62. The van der Waals surface area contributed by atoms with Gasteiger partial charge in [-0.3, -0.25) is 0 Å². The first kappa shape index (κ1) is 11.6. The second-order valence-electron chi connectivity index (χ2n) is 3.20. The highest BCUT2D eigenvalue weighted by atomic mass is 35.5. The zero-order valence-corrected chi connectivity index (χ0v) is 10.0. The minimum Gasteiger partial charge on any atom is -0.491 e. The molecule has 0 radical (unpaired) electrons. The summed E-state index contributed by atoms with van der Waals surface area (Å²) in [5.74, 6) is 1.08. The molecular weight excluding hydrogens is 240 g/mol. The number of hydrogen-bond acceptors (Lipinski definition) is 4. The van der Waals surface area contributed by atoms with Crippen LogP contribution >= 0.6 is 11.6 Å². The lowest BCUT2D eigenvalue weighted by Gasteiger charge is -2.01. The van der Waals surface area contributed by atoms with Crippen molar-refractivity contribution in [3.05, 3.63) is 36.1 Å². The topological polar surface area (TPSA) is 63.7 Å². The summed E-state index contributed by atoms with van der Waals surface area (Å²) in [6.07, 6.45) is 3.30. The monoisotopic (exact) mass is 250 g/mol. The summed E-state index contributed by atoms with van der Waals surface area (Å²) >= 11 is 5.71. The highest BCUT2D eigenvalue weighted by molar-refractivity contribution is 6.28. The lowest BCUT2D eigenvalue weighted by atomic mass is 10.3. The molecule has 0 fully saturated rings. The largest absolute Gasteiger partial charge is 0.491 e. The summed E-state index contributed by atoms with van der Waals surface area (Å²) in [6.45, 7) is 6.20. The Kier molecular flexibility index (Phi) is 3.39. The summed E-state index contributed by atoms with van der Waals surface area (Å²) < 4.78 is 5.25. The van der Waals surface area contributed by atoms with E-state index in [0.29, 0.717) is 29.6 Å². The Balaban J connectivity index is 2.27. The normalized spacial score (nSPS) is 10.2. The first-order chi connectivity index (χ1) is 8.20. The lowest BCUT2D eigenvalue weighted by Crippen LogP contribution is -1.92. The van der Waals surface area contributed by atoms with Gasteiger partial charge in [0.1, 0.15) is 5.69 Å². The molecule has 17 heavy (non-hydrogen) atoms. The molecule has 6 heteroatoms. The minimum atomic E-state index is 0.190. The van der Waals surface area contributed by atoms with Crippen molar-refractivity contribution in [1.29, 1.82) is 0 Å². The van der Waals surface area contributed by atoms with Gasteiger partial charge in [-0.1, -0.05) is 6.58 Å². The number of nitrogens with zero attached hydrogens (tertiary/aromatic N) is 3. The molecule has 0 aromatic carbocycles. The zero-order chi connectivity index (χ0) is 12.3. The third-order valence-corrected chi connectivity index (χ3v) is 2.23. The number of hydrogen-bond donors (Lipinski definition) is 1. The van der Waals surface area contributed by atoms with Crippen LogP contribution in [0.25, 0.3) is 17.1 Å². The molecule has 0 atom stereocenters. The smallest absolute Gasteiger partial charge is 0.222 e. The van der Waals surface area contributed by atoms with Crippen LogP contribution in [0, 0.1) is 0 Å². The van der Waals surface area contributed by atoms with Crippen LogP contribution in [0.4, 0.5) is 0 Å². The fourth-order valence-corrected chi connectivity index (χ4v) is 1.46. The molecule has 2 aromatic heterocycles. The number of aromatic nitrogens is 4. The number of halogens is 1. The van der Waals surface area contributed by atoms with E-state index in [0.717, 1.165) is 0 Å². The van der Waals surface area contributed by atoms with Crippen LogP contribution in [0.3, 0.4) is 0 Å². The maximum atomic E-state index is 5.71. The first-order valence-electron chi connectivity index (χ1n) is 5.07. The summed E-state index contributed by atoms with van der Waals surface area (Å²) in [5.41, 5.74) is 1.32. The number of aromatic amines is 1. The summed E-state index contributed by atoms with van der Waals surface area (Å²) in [4.78, 5) is 15.2. The maximum absolute atomic E-state index is 5.71. The molecule has 1 N–H and O–H groups in total. The lowest BCUT2D eigenvalue weighted by molar-refractivity contribution is 0.296. The SMILES string of the molecule is C=C(OCC)c1nc(-c2ccnc(Cl)n2)c[nH]1. The quantitative estimate of drug-likeness (QED) is 0.669. The second-order valence-corrected chi connectivity index (χ2v) is 3.54. The van der Waals surface area contributed by atoms with Gasteiger partial charge in [-0.05, 0) is 24.6 Å². The molecule has 0 saturated carbocycles. The van der Waals surface area contributed by atoms with Crippen molar-refractivity contribution in [2.24, 2.45) is 0 Å². The van der Waals surface area contributed by atoms with Gasteiger partial charge in [0.25, 0.3) is 0 Å². The van der Waals surface area contributed by atoms with Crippen LogP contribution in [0.5, 0.6) is 0 Å². The van der Waals surface area contributed by atoms with E-state index in [4.69, 9.17) is 16.3 Å². The summed E-state index contributed by atoms with van der Waals surface area (Å²) in [6, 6.07) is 1.73. The fourth-order valence-electron chi connectivity index (χ4n) is 1.32. The van der Waals surface area contributed by atoms with E-state index in [-0.39, 0.29) is 5.28 Å². The van der Waals surface area contributed by atoms with Gasteiger partial charge in [0.05, 0.1) is 12.3 Å². The van der Waals surface area contributed by atoms with E-state index in [9.17, 15) is 0 Å². The van der Waals surface area contributed by atoms with E-state index in [1.165, 1.54) is 0 Å². The predicted molar refractivity (Wildman–Crippen MR) is 65.3 cm³/mol. The zero-order valence-electron chi connectivity index (χ0n) is 9.27. The number of imidazole rings is 1. The number of nitrogens with one attached hydrogen (secondary N) is 1. The molecule has 0 aliphatic carbocycles. The van der Waals surface area contributed by atoms with Gasteiger partial charge in [-0.2, -0.15) is 0 Å². The molecule has 0 aliphatic heterocycles. The second kappa shape index (κ2) is 4.97. The van der Waals surface area contributed by atoms with Crippen molar-refractivity contribution in [3.63, 3.8) is 0 Å². The Morgan fingerprint density at radius 2 is 2.29 bits per heavy atom. The molecule has 0 saturated heterocycles. The highest BCUT2D eigenvalue weighted by Gasteiger charge is 2.08. The molecule has 88 valence electrons. The van der Waals surface area contributed by atoms with E-state index in [1.807, 2.05) is 6.92 Å². The van der Waals surface area contributed by atoms with Crippen LogP contribution in [-0.4, -0.2) is 26.5 Å². The molecule has 0 bridgehead atoms. The summed E-state index contributed by atoms with van der Waals surface area (Å²) in [5, 5.41) is 0.190. The van der Waals surface area contributed by atoms with Gasteiger partial charge in [0.15, 0.2) is 11.6 Å². The van der Waals surface area contributed by atoms with Gasteiger partial charge >= 0.3 is 0 Å². The molecule has 0 unspecified atom stereocenters. The van der Waals surface area contributed by atoms with Gasteiger partial charge in [-0.15, -0.1) is 0 Å². The molecule has 2 heterocycles. The average Bonchev–Trinajstić information content (AvgIpc) is 2.78. The van der Waals surface area contributed by atoms with Crippen LogP contribution in [0.15, 0.2) is 25.0 Å². The van der Waals surface area contributed by atoms with Crippen molar-refractivity contribution in [1.82, 2.24) is 19.9 Å². The number of rotatable bonds is 4. The van der Waals surface area contributed by atoms with E-state index in [2.05, 4.69) is 26.5 Å². The van der Waals surface area contributed by atoms with E-state index >= 15 is 0 Å². The number of H-pyrrole nitrogens is 1. The van der Waals surface area contributed by atoms with Crippen LogP contribution in [0.2, 0.25) is 5.28 Å². The first-order valence-corrected chi connectivity index (χ1v) is 5.45. The Bertz CT molecular complexity index is 538. The van der Waals surface area contributed by atoms with Crippen LogP contribution in [0.1, 0.15) is 12.7 Å². The van der Waals surface area contributed by atoms with E-state index < -0.39 is 0 Å². The molecule has 0 amide bonds. The number of ether oxygens (including phenoxy) is 1. The average molecular weight is 251 g/mol. The Morgan fingerprint density at radius 1 is 1.47 bits per heavy atom. The third-order valence-electron chi connectivity index (χ3n) is 2.05. The van der Waals surface area contributed by atoms with Crippen LogP contribution in [-0.2, 0) is 4.74 Å². The maximum Gasteiger partial charge on any atom is 0.222 e. The highest BCUT2D eigenvalue weighted by Crippen LogP contribution is 2.18. The molecule has 5 nitrogen and oxygen atoms in total. The molecule has 0 aliphatic rings. The molecule has 2 aromatic rings. The van der Waals surface area contributed by atoms with E-state index in [1.54, 1.807) is 18.5 Å². The van der Waals surface area contributed by atoms with Crippen LogP contribution < -0.4 is 0 Å². The van der Waals surface area contributed by atoms with Crippen molar-refractivity contribution in [2.75, 3.05) is 6.61 Å². The minimum absolute atomic E-state index is 0.190. The van der Waals surface area contributed by atoms with Crippen molar-refractivity contribution in [2.45, 2.75) is 6.92 Å². The van der Waals surface area contributed by atoms with Gasteiger partial charge < -0.3 is 9.72 Å². The van der Waals surface area contributed by atoms with Gasteiger partial charge in [-0.25, -0.2) is 15.0 Å². The Morgan fingerprint density at radius 3 is 3.00 bits per heavy atom. The van der Waals surface area contributed by atoms with Crippen molar-refractivity contribution < 1.29 is 4.74 Å². The molecular formula is C11H11ClN4O. The Labute approximate surface area is 104 Å². The fraction of sp³-hybridized carbons (Fsp3) is 0.182.